The smallest absolute Gasteiger partial charge is 0.235 e. The van der Waals surface area contributed by atoms with Crippen molar-refractivity contribution < 1.29 is 38.9 Å². The van der Waals surface area contributed by atoms with Gasteiger partial charge < -0.3 is 20.7 Å². The number of likely N-dealkylation sites (N-methyl/N-ethyl adjacent to an activating group) is 1. The molecular weight excluding hydrogens is 420 g/mol. The van der Waals surface area contributed by atoms with Crippen molar-refractivity contribution in [1.82, 2.24) is 4.90 Å². The summed E-state index contributed by atoms with van der Waals surface area (Å²) in [5, 5.41) is 21.8. The van der Waals surface area contributed by atoms with Crippen LogP contribution < -0.4 is 5.73 Å². The van der Waals surface area contributed by atoms with Crippen molar-refractivity contribution in [3.8, 4) is 5.75 Å². The predicted molar refractivity (Wildman–Crippen MR) is 108 cm³/mol. The summed E-state index contributed by atoms with van der Waals surface area (Å²) in [5.41, 5.74) is 2.92. The van der Waals surface area contributed by atoms with Crippen molar-refractivity contribution in [2.75, 3.05) is 21.2 Å². The number of methoxy groups -OCH3 is 1. The highest BCUT2D eigenvalue weighted by Gasteiger charge is 2.72. The lowest BCUT2D eigenvalue weighted by molar-refractivity contribution is -0.198. The second-order valence-corrected chi connectivity index (χ2v) is 8.89. The van der Waals surface area contributed by atoms with Gasteiger partial charge in [0.05, 0.1) is 29.5 Å². The molecule has 2 saturated carbocycles. The number of aliphatic hydroxyl groups is 1. The maximum atomic E-state index is 13.7. The number of phenolic OH excluding ortho intramolecular Hbond substituents is 1. The lowest BCUT2D eigenvalue weighted by atomic mass is 9.51. The first-order valence-electron chi connectivity index (χ1n) is 10.2. The molecule has 0 heterocycles. The number of benzene rings is 1. The number of ether oxygens (including phenoxy) is 1. The maximum Gasteiger partial charge on any atom is 0.235 e. The number of fused-ring (bicyclic) bond motifs is 3. The number of hydrogen-bond donors (Lipinski definition) is 3. The van der Waals surface area contributed by atoms with Crippen LogP contribution >= 0.6 is 0 Å². The van der Waals surface area contributed by atoms with E-state index in [1.54, 1.807) is 12.1 Å². The number of hydrogen-bond acceptors (Lipinski definition) is 9. The molecule has 1 aromatic carbocycles. The van der Waals surface area contributed by atoms with Crippen LogP contribution in [-0.4, -0.2) is 83.1 Å². The van der Waals surface area contributed by atoms with Gasteiger partial charge in [-0.2, -0.15) is 0 Å². The lowest BCUT2D eigenvalue weighted by Crippen LogP contribution is -2.77. The molecule has 0 aromatic heterocycles. The molecule has 10 nitrogen and oxygen atoms in total. The van der Waals surface area contributed by atoms with Gasteiger partial charge in [-0.05, 0) is 32.1 Å². The first kappa shape index (κ1) is 22.3. The van der Waals surface area contributed by atoms with E-state index in [4.69, 9.17) is 10.5 Å². The third-order valence-corrected chi connectivity index (χ3v) is 7.12. The molecule has 32 heavy (non-hydrogen) atoms. The van der Waals surface area contributed by atoms with Gasteiger partial charge in [-0.1, -0.05) is 12.1 Å². The monoisotopic (exact) mass is 444 g/mol. The topological polar surface area (TPSA) is 164 Å². The van der Waals surface area contributed by atoms with Gasteiger partial charge in [-0.3, -0.25) is 28.9 Å². The van der Waals surface area contributed by atoms with Crippen LogP contribution in [0.3, 0.4) is 0 Å². The molecule has 2 fully saturated rings. The molecule has 3 aliphatic carbocycles. The van der Waals surface area contributed by atoms with Crippen LogP contribution in [0.25, 0.3) is 0 Å². The first-order valence-corrected chi connectivity index (χ1v) is 10.2. The van der Waals surface area contributed by atoms with Crippen LogP contribution in [0.2, 0.25) is 0 Å². The number of carbonyl (C=O) groups excluding carboxylic acids is 5. The molecule has 2 unspecified atom stereocenters. The number of aromatic hydroxyl groups is 1. The second kappa shape index (κ2) is 7.29. The first-order chi connectivity index (χ1) is 15.0. The molecule has 0 aliphatic heterocycles. The van der Waals surface area contributed by atoms with Gasteiger partial charge in [0.1, 0.15) is 5.75 Å². The summed E-state index contributed by atoms with van der Waals surface area (Å²) in [6.07, 6.45) is -0.894. The molecular formula is C22H24N2O8. The Kier molecular flexibility index (Phi) is 5.07. The van der Waals surface area contributed by atoms with Gasteiger partial charge in [-0.25, -0.2) is 0 Å². The third kappa shape index (κ3) is 2.66. The van der Waals surface area contributed by atoms with E-state index in [-0.39, 0.29) is 17.7 Å². The van der Waals surface area contributed by atoms with Crippen LogP contribution in [0, 0.1) is 23.7 Å². The predicted octanol–water partition coefficient (Wildman–Crippen LogP) is -1.51. The highest BCUT2D eigenvalue weighted by atomic mass is 16.5. The van der Waals surface area contributed by atoms with Crippen LogP contribution in [0.1, 0.15) is 15.9 Å². The van der Waals surface area contributed by atoms with Gasteiger partial charge >= 0.3 is 0 Å². The van der Waals surface area contributed by atoms with Crippen molar-refractivity contribution >= 4 is 29.0 Å². The zero-order valence-electron chi connectivity index (χ0n) is 17.8. The summed E-state index contributed by atoms with van der Waals surface area (Å²) in [4.78, 5) is 66.7. The number of nitrogens with two attached hydrogens (primary N) is 1. The van der Waals surface area contributed by atoms with E-state index >= 15 is 0 Å². The third-order valence-electron chi connectivity index (χ3n) is 7.12. The van der Waals surface area contributed by atoms with E-state index < -0.39 is 70.5 Å². The molecule has 7 atom stereocenters. The number of rotatable bonds is 3. The van der Waals surface area contributed by atoms with Crippen molar-refractivity contribution in [3.63, 3.8) is 0 Å². The summed E-state index contributed by atoms with van der Waals surface area (Å²) in [6.45, 7) is 0. The molecule has 1 aromatic rings. The standard InChI is InChI=1S/C22H24N2O8/c1-24(2)15-14-18(32-3)9-7-8-5-4-6-10(25)11(8)16(26)12(9)19(28)22(14,31)20(29)13(17(15)27)21(23)30/h4-6,9,12-15,18,25,31H,7H2,1-3H3,(H2,23,30)/t9-,12?,13?,14-,15+,18-,22+/m1/s1. The van der Waals surface area contributed by atoms with Crippen LogP contribution in [-0.2, 0) is 30.3 Å². The number of ketones is 4. The van der Waals surface area contributed by atoms with Crippen molar-refractivity contribution in [3.05, 3.63) is 29.3 Å². The summed E-state index contributed by atoms with van der Waals surface area (Å²) in [5.74, 6) is -11.2. The van der Waals surface area contributed by atoms with E-state index in [2.05, 4.69) is 0 Å². The average Bonchev–Trinajstić information content (AvgIpc) is 2.70. The zero-order chi connectivity index (χ0) is 23.7. The number of amides is 1. The SMILES string of the molecule is CO[C@H]1[C@H]2[C@H](N(C)C)C(=O)C(C(N)=O)C(=O)[C@@]2(O)C(=O)C2C(=O)c3c(O)cccc3C[C@H]21. The Morgan fingerprint density at radius 2 is 1.84 bits per heavy atom. The summed E-state index contributed by atoms with van der Waals surface area (Å²) in [6, 6.07) is 3.29. The van der Waals surface area contributed by atoms with Gasteiger partial charge in [0.25, 0.3) is 0 Å². The molecule has 1 amide bonds. The van der Waals surface area contributed by atoms with Crippen LogP contribution in [0.5, 0.6) is 5.75 Å². The molecule has 0 spiro atoms. The fourth-order valence-electron chi connectivity index (χ4n) is 5.84. The number of phenols is 1. The largest absolute Gasteiger partial charge is 0.507 e. The van der Waals surface area contributed by atoms with Gasteiger partial charge in [0.15, 0.2) is 34.7 Å². The van der Waals surface area contributed by atoms with E-state index in [1.807, 2.05) is 0 Å². The molecule has 4 rings (SSSR count). The minimum absolute atomic E-state index is 0.0473. The number of nitrogens with zero attached hydrogens (tertiary/aromatic N) is 1. The fraction of sp³-hybridized carbons (Fsp3) is 0.500. The highest BCUT2D eigenvalue weighted by molar-refractivity contribution is 6.32. The van der Waals surface area contributed by atoms with Crippen molar-refractivity contribution in [1.29, 1.82) is 0 Å². The minimum atomic E-state index is -2.83. The van der Waals surface area contributed by atoms with E-state index in [9.17, 15) is 34.2 Å². The highest BCUT2D eigenvalue weighted by Crippen LogP contribution is 2.51. The fourth-order valence-corrected chi connectivity index (χ4v) is 5.84. The Morgan fingerprint density at radius 1 is 1.19 bits per heavy atom. The van der Waals surface area contributed by atoms with Gasteiger partial charge in [0.2, 0.25) is 5.91 Å². The van der Waals surface area contributed by atoms with E-state index in [1.165, 1.54) is 32.2 Å². The van der Waals surface area contributed by atoms with Gasteiger partial charge in [0, 0.05) is 13.0 Å². The Balaban J connectivity index is 1.95. The molecule has 0 saturated heterocycles. The maximum absolute atomic E-state index is 13.7. The summed E-state index contributed by atoms with van der Waals surface area (Å²) >= 11 is 0. The Morgan fingerprint density at radius 3 is 2.41 bits per heavy atom. The minimum Gasteiger partial charge on any atom is -0.507 e. The normalized spacial score (nSPS) is 36.5. The van der Waals surface area contributed by atoms with Gasteiger partial charge in [-0.15, -0.1) is 0 Å². The number of Topliss-reactive ketones (excluding diaryl/α,β-unsaturated/α-hetero) is 4. The summed E-state index contributed by atoms with van der Waals surface area (Å²) < 4.78 is 5.64. The average molecular weight is 444 g/mol. The Bertz CT molecular complexity index is 1070. The molecule has 10 heteroatoms. The molecule has 0 radical (unpaired) electrons. The second-order valence-electron chi connectivity index (χ2n) is 8.89. The van der Waals surface area contributed by atoms with E-state index in [0.717, 1.165) is 0 Å². The molecule has 0 bridgehead atoms. The number of carbonyl (C=O) groups is 5. The van der Waals surface area contributed by atoms with Crippen LogP contribution in [0.4, 0.5) is 0 Å². The summed E-state index contributed by atoms with van der Waals surface area (Å²) in [7, 11) is 4.33. The Labute approximate surface area is 183 Å². The molecule has 3 aliphatic rings. The van der Waals surface area contributed by atoms with Crippen molar-refractivity contribution in [2.45, 2.75) is 24.2 Å². The Hall–Kier alpha value is -2.95. The van der Waals surface area contributed by atoms with Crippen molar-refractivity contribution in [2.24, 2.45) is 29.4 Å². The van der Waals surface area contributed by atoms with E-state index in [0.29, 0.717) is 5.56 Å². The quantitative estimate of drug-likeness (QED) is 0.470. The lowest BCUT2D eigenvalue weighted by Gasteiger charge is -2.55. The van der Waals surface area contributed by atoms with Crippen LogP contribution in [0.15, 0.2) is 18.2 Å². The number of primary amides is 1. The zero-order valence-corrected chi connectivity index (χ0v) is 17.8. The molecule has 4 N–H and O–H groups in total. The molecule has 170 valence electrons.